The number of benzene rings is 11. The van der Waals surface area contributed by atoms with Gasteiger partial charge < -0.3 is 0 Å². The average Bonchev–Trinajstić information content (AvgIpc) is 2.39. The van der Waals surface area contributed by atoms with Crippen LogP contribution in [-0.2, 0) is 19.4 Å². The second-order valence-corrected chi connectivity index (χ2v) is 22.3. The monoisotopic (exact) mass is 1270 g/mol. The Balaban J connectivity index is 0.907. The number of fused-ring (bicyclic) bond motifs is 4. The Morgan fingerprint density at radius 3 is 1.35 bits per heavy atom. The molecule has 15 aromatic rings. The number of hydrogen-bond acceptors (Lipinski definition) is 4. The summed E-state index contributed by atoms with van der Waals surface area (Å²) in [6.07, 6.45) is 7.12. The van der Waals surface area contributed by atoms with Crippen molar-refractivity contribution in [1.82, 2.24) is 28.7 Å². The van der Waals surface area contributed by atoms with Crippen LogP contribution in [0, 0.1) is 10.7 Å². The third-order valence-corrected chi connectivity index (χ3v) is 17.1. The van der Waals surface area contributed by atoms with Gasteiger partial charge >= 0.3 is 436 Å². The summed E-state index contributed by atoms with van der Waals surface area (Å²) in [5.41, 5.74) is 22.8. The van der Waals surface area contributed by atoms with Gasteiger partial charge in [0.15, 0.2) is 0 Å². The molecular formula is C77H52N6OPt. The van der Waals surface area contributed by atoms with Crippen LogP contribution in [0.3, 0.4) is 0 Å². The van der Waals surface area contributed by atoms with Crippen molar-refractivity contribution in [3.8, 4) is 107 Å². The Labute approximate surface area is 503 Å². The number of imidazole rings is 1. The van der Waals surface area contributed by atoms with Crippen molar-refractivity contribution in [2.75, 3.05) is 0 Å². The van der Waals surface area contributed by atoms with E-state index in [0.717, 1.165) is 137 Å². The Bertz CT molecular complexity index is 4800. The molecule has 0 amide bonds. The minimum atomic E-state index is 0.710. The molecule has 0 aliphatic heterocycles. The van der Waals surface area contributed by atoms with Crippen molar-refractivity contribution in [2.24, 2.45) is 0 Å². The Hall–Kier alpha value is -10.6. The third kappa shape index (κ3) is 9.61. The molecule has 0 N–H and O–H groups in total. The molecule has 4 aromatic heterocycles. The van der Waals surface area contributed by atoms with Crippen molar-refractivity contribution in [2.45, 2.75) is 6.92 Å². The quantitative estimate of drug-likeness (QED) is 0.122. The number of pyridine rings is 1. The normalized spacial score (nSPS) is 11.4. The fourth-order valence-corrected chi connectivity index (χ4v) is 13.2. The molecule has 15 rings (SSSR count). The number of rotatable bonds is 12. The molecule has 0 unspecified atom stereocenters. The number of nitrogens with zero attached hydrogens (tertiary/aromatic N) is 6. The predicted octanol–water partition coefficient (Wildman–Crippen LogP) is 19.6. The smallest absolute Gasteiger partial charge is 0.244 e. The molecule has 0 radical (unpaired) electrons. The topological polar surface area (TPSA) is 62.7 Å². The van der Waals surface area contributed by atoms with Gasteiger partial charge in [0.1, 0.15) is 6.33 Å². The van der Waals surface area contributed by atoms with Crippen LogP contribution >= 0.6 is 0 Å². The number of aryl methyl sites for hydroxylation is 1. The summed E-state index contributed by atoms with van der Waals surface area (Å²) < 4.78 is 15.0. The summed E-state index contributed by atoms with van der Waals surface area (Å²) in [6.45, 7) is 2.11. The van der Waals surface area contributed by atoms with E-state index in [2.05, 4.69) is 317 Å². The van der Waals surface area contributed by atoms with E-state index < -0.39 is 0 Å². The number of hydrogen-bond donors (Lipinski definition) is 0. The van der Waals surface area contributed by atoms with E-state index >= 15 is 0 Å². The van der Waals surface area contributed by atoms with Gasteiger partial charge in [-0.2, -0.15) is 0 Å². The zero-order valence-corrected chi connectivity index (χ0v) is 48.5. The van der Waals surface area contributed by atoms with Gasteiger partial charge in [0.25, 0.3) is 0 Å². The fraction of sp³-hybridized carbons (Fsp3) is 0.0130. The van der Waals surface area contributed by atoms with Crippen LogP contribution in [-0.4, -0.2) is 28.7 Å². The molecule has 0 fully saturated rings. The molecule has 7 nitrogen and oxygen atoms in total. The summed E-state index contributed by atoms with van der Waals surface area (Å²) in [5, 5.41) is 2.25. The summed E-state index contributed by atoms with van der Waals surface area (Å²) in [7, 11) is 0. The van der Waals surface area contributed by atoms with Crippen molar-refractivity contribution < 1.29 is 24.1 Å². The maximum atomic E-state index is 6.95. The predicted molar refractivity (Wildman–Crippen MR) is 343 cm³/mol. The van der Waals surface area contributed by atoms with Gasteiger partial charge in [-0.1, -0.05) is 12.1 Å². The van der Waals surface area contributed by atoms with Crippen LogP contribution in [0.5, 0.6) is 11.5 Å². The van der Waals surface area contributed by atoms with Crippen LogP contribution in [0.1, 0.15) is 5.56 Å². The molecule has 0 bridgehead atoms. The average molecular weight is 1270 g/mol. The molecule has 0 saturated heterocycles. The van der Waals surface area contributed by atoms with E-state index in [-0.39, 0.29) is 0 Å². The summed E-state index contributed by atoms with van der Waals surface area (Å²) in [5.74, 6) is 2.24. The van der Waals surface area contributed by atoms with Gasteiger partial charge in [0.05, 0.1) is 0 Å². The van der Waals surface area contributed by atoms with E-state index in [9.17, 15) is 0 Å². The Kier molecular flexibility index (Phi) is 13.2. The molecule has 8 heteroatoms. The molecular weight excluding hydrogens is 1220 g/mol. The third-order valence-electron chi connectivity index (χ3n) is 16.0. The van der Waals surface area contributed by atoms with E-state index in [0.29, 0.717) is 11.5 Å². The standard InChI is InChI=1S/C77H52N6O.Pt/c1-52-38-76(80-49-71(52)63-47-78-50-79-48-63)83-72-33-15-14-30-69(72)70-37-36-66(46-75(70)83)84-65-29-18-28-64(45-65)81-51-82(74-35-17-16-34-73(74)81)77-67(61-41-57(53-20-6-2-7-21-53)39-58(42-61)54-22-8-3-9-23-54)31-19-32-68(77)62-43-59(55-24-10-4-11-25-55)40-60(44-62)56-26-12-5-13-27-56;/h2-50H,1H3;. The van der Waals surface area contributed by atoms with Crippen LogP contribution in [0.25, 0.3) is 128 Å². The molecule has 85 heavy (non-hydrogen) atoms. The molecule has 0 saturated carbocycles. The molecule has 0 aliphatic rings. The SMILES string of the molecule is Cc1cc(-n2c3ccccc3c3ccc(Oc4cccc(-n5[c](=[Pt])n(-c6c(-c7cc(-c8ccccc8)cc(-c8ccccc8)c7)cccc6-c6cc(-c7ccccc7)cc(-c7ccccc7)c6)c6ccccc65)c4)cc32)ncc1-c1cncnc1. The number of ether oxygens (including phenoxy) is 1. The van der Waals surface area contributed by atoms with E-state index in [1.165, 1.54) is 0 Å². The minimum Gasteiger partial charge on any atom is -0.244 e. The molecule has 0 aliphatic carbocycles. The molecule has 0 atom stereocenters. The molecule has 4 heterocycles. The first kappa shape index (κ1) is 51.3. The molecule has 0 spiro atoms. The van der Waals surface area contributed by atoms with Gasteiger partial charge in [0, 0.05) is 29.7 Å². The number of aromatic nitrogens is 6. The first-order valence-corrected chi connectivity index (χ1v) is 29.5. The van der Waals surface area contributed by atoms with Crippen LogP contribution in [0.4, 0.5) is 0 Å². The van der Waals surface area contributed by atoms with Crippen LogP contribution < -0.4 is 4.74 Å². The number of para-hydroxylation sites is 4. The van der Waals surface area contributed by atoms with Gasteiger partial charge in [-0.15, -0.1) is 0 Å². The second kappa shape index (κ2) is 22.0. The summed E-state index contributed by atoms with van der Waals surface area (Å²) >= 11 is 2.55. The Morgan fingerprint density at radius 1 is 0.329 bits per heavy atom. The van der Waals surface area contributed by atoms with Crippen molar-refractivity contribution in [3.63, 3.8) is 0 Å². The summed E-state index contributed by atoms with van der Waals surface area (Å²) in [4.78, 5) is 13.6. The van der Waals surface area contributed by atoms with Crippen molar-refractivity contribution in [3.05, 3.63) is 307 Å². The van der Waals surface area contributed by atoms with Crippen molar-refractivity contribution in [1.29, 1.82) is 0 Å². The fourth-order valence-electron chi connectivity index (χ4n) is 12.1. The van der Waals surface area contributed by atoms with E-state index in [1.807, 2.05) is 24.7 Å². The zero-order valence-electron chi connectivity index (χ0n) is 46.2. The van der Waals surface area contributed by atoms with E-state index in [4.69, 9.17) is 9.72 Å². The second-order valence-electron chi connectivity index (χ2n) is 21.3. The first-order chi connectivity index (χ1) is 42.0. The van der Waals surface area contributed by atoms with E-state index in [1.54, 1.807) is 6.33 Å². The zero-order chi connectivity index (χ0) is 56.8. The first-order valence-electron chi connectivity index (χ1n) is 28.4. The van der Waals surface area contributed by atoms with Crippen LogP contribution in [0.15, 0.2) is 298 Å². The van der Waals surface area contributed by atoms with Crippen molar-refractivity contribution >= 4 is 32.8 Å². The van der Waals surface area contributed by atoms with Crippen LogP contribution in [0.2, 0.25) is 0 Å². The minimum absolute atomic E-state index is 0.710. The van der Waals surface area contributed by atoms with Gasteiger partial charge in [-0.3, -0.25) is 0 Å². The molecule has 11 aromatic carbocycles. The maximum absolute atomic E-state index is 6.95. The molecule has 406 valence electrons. The Morgan fingerprint density at radius 2 is 0.800 bits per heavy atom. The van der Waals surface area contributed by atoms with Gasteiger partial charge in [0.2, 0.25) is 0 Å². The van der Waals surface area contributed by atoms with Gasteiger partial charge in [-0.25, -0.2) is 9.97 Å². The summed E-state index contributed by atoms with van der Waals surface area (Å²) in [6, 6.07) is 98.0. The van der Waals surface area contributed by atoms with Gasteiger partial charge in [-0.05, 0) is 12.5 Å².